The molecule has 0 radical (unpaired) electrons. The summed E-state index contributed by atoms with van der Waals surface area (Å²) in [5.41, 5.74) is 2.22. The third-order valence-corrected chi connectivity index (χ3v) is 5.82. The van der Waals surface area contributed by atoms with Crippen LogP contribution in [0.4, 0.5) is 5.69 Å². The van der Waals surface area contributed by atoms with Crippen LogP contribution < -0.4 is 10.1 Å². The Labute approximate surface area is 153 Å². The summed E-state index contributed by atoms with van der Waals surface area (Å²) >= 11 is 9.15. The Morgan fingerprint density at radius 3 is 2.75 bits per heavy atom. The van der Waals surface area contributed by atoms with E-state index in [0.717, 1.165) is 26.1 Å². The number of halogens is 1. The first-order valence-corrected chi connectivity index (χ1v) is 9.23. The monoisotopic (exact) mass is 378 g/mol. The summed E-state index contributed by atoms with van der Waals surface area (Å²) in [4.78, 5) is 19.1. The highest BCUT2D eigenvalue weighted by atomic mass is 35.5. The number of rotatable bonds is 4. The molecule has 0 aliphatic rings. The molecule has 0 fully saturated rings. The van der Waals surface area contributed by atoms with Crippen LogP contribution in [0.5, 0.6) is 5.75 Å². The lowest BCUT2D eigenvalue weighted by atomic mass is 10.2. The lowest BCUT2D eigenvalue weighted by molar-refractivity contribution is 0.102. The van der Waals surface area contributed by atoms with Crippen LogP contribution in [-0.2, 0) is 0 Å². The summed E-state index contributed by atoms with van der Waals surface area (Å²) in [5.74, 6) is 0.218. The highest BCUT2D eigenvalue weighted by molar-refractivity contribution is 7.21. The number of amides is 1. The van der Waals surface area contributed by atoms with Gasteiger partial charge in [-0.3, -0.25) is 4.79 Å². The zero-order valence-corrected chi connectivity index (χ0v) is 15.7. The second-order valence-corrected chi connectivity index (χ2v) is 7.72. The van der Waals surface area contributed by atoms with E-state index in [2.05, 4.69) is 10.3 Å². The standard InChI is InChI=1S/C17H15ClN2O2S2/c1-9-8-23-17(19-9)15-7-13(10(2)24-15)20-16(21)12-5-4-11(18)6-14(12)22-3/h4-8H,1-3H3,(H,20,21). The molecule has 0 atom stereocenters. The Bertz CT molecular complexity index is 902. The van der Waals surface area contributed by atoms with Crippen molar-refractivity contribution in [3.05, 3.63) is 50.8 Å². The van der Waals surface area contributed by atoms with Crippen molar-refractivity contribution in [1.82, 2.24) is 4.98 Å². The van der Waals surface area contributed by atoms with Gasteiger partial charge in [0.05, 0.1) is 23.2 Å². The number of ether oxygens (including phenoxy) is 1. The van der Waals surface area contributed by atoms with Gasteiger partial charge in [0.1, 0.15) is 10.8 Å². The number of benzene rings is 1. The number of methoxy groups -OCH3 is 1. The Morgan fingerprint density at radius 1 is 1.29 bits per heavy atom. The van der Waals surface area contributed by atoms with Gasteiger partial charge in [-0.2, -0.15) is 0 Å². The van der Waals surface area contributed by atoms with Crippen LogP contribution >= 0.6 is 34.3 Å². The van der Waals surface area contributed by atoms with Crippen LogP contribution in [0.25, 0.3) is 9.88 Å². The molecule has 24 heavy (non-hydrogen) atoms. The number of nitrogens with one attached hydrogen (secondary N) is 1. The van der Waals surface area contributed by atoms with Crippen molar-refractivity contribution in [2.24, 2.45) is 0 Å². The molecule has 0 unspecified atom stereocenters. The molecule has 7 heteroatoms. The van der Waals surface area contributed by atoms with E-state index < -0.39 is 0 Å². The van der Waals surface area contributed by atoms with Gasteiger partial charge in [0, 0.05) is 21.0 Å². The summed E-state index contributed by atoms with van der Waals surface area (Å²) < 4.78 is 5.24. The van der Waals surface area contributed by atoms with E-state index in [4.69, 9.17) is 16.3 Å². The highest BCUT2D eigenvalue weighted by Crippen LogP contribution is 2.36. The van der Waals surface area contributed by atoms with Crippen molar-refractivity contribution in [2.45, 2.75) is 13.8 Å². The summed E-state index contributed by atoms with van der Waals surface area (Å²) in [6.45, 7) is 3.94. The molecular weight excluding hydrogens is 364 g/mol. The molecule has 0 aliphatic heterocycles. The fourth-order valence-electron chi connectivity index (χ4n) is 2.22. The van der Waals surface area contributed by atoms with Crippen molar-refractivity contribution < 1.29 is 9.53 Å². The molecule has 4 nitrogen and oxygen atoms in total. The highest BCUT2D eigenvalue weighted by Gasteiger charge is 2.16. The minimum Gasteiger partial charge on any atom is -0.496 e. The Balaban J connectivity index is 1.86. The molecule has 0 aliphatic carbocycles. The molecule has 2 aromatic heterocycles. The predicted molar refractivity (Wildman–Crippen MR) is 101 cm³/mol. The van der Waals surface area contributed by atoms with E-state index in [1.807, 2.05) is 25.3 Å². The number of hydrogen-bond donors (Lipinski definition) is 1. The van der Waals surface area contributed by atoms with Gasteiger partial charge in [0.25, 0.3) is 5.91 Å². The number of thiophene rings is 1. The normalized spacial score (nSPS) is 10.7. The third-order valence-electron chi connectivity index (χ3n) is 3.40. The fourth-order valence-corrected chi connectivity index (χ4v) is 4.22. The maximum Gasteiger partial charge on any atom is 0.259 e. The number of anilines is 1. The SMILES string of the molecule is COc1cc(Cl)ccc1C(=O)Nc1cc(-c2nc(C)cs2)sc1C. The van der Waals surface area contributed by atoms with E-state index in [9.17, 15) is 4.79 Å². The first-order chi connectivity index (χ1) is 11.5. The maximum absolute atomic E-state index is 12.6. The van der Waals surface area contributed by atoms with Crippen LogP contribution in [-0.4, -0.2) is 18.0 Å². The molecule has 3 rings (SSSR count). The van der Waals surface area contributed by atoms with Crippen LogP contribution in [0.3, 0.4) is 0 Å². The number of aromatic nitrogens is 1. The summed E-state index contributed by atoms with van der Waals surface area (Å²) in [6, 6.07) is 6.91. The second-order valence-electron chi connectivity index (χ2n) is 5.17. The van der Waals surface area contributed by atoms with Gasteiger partial charge < -0.3 is 10.1 Å². The van der Waals surface area contributed by atoms with E-state index >= 15 is 0 Å². The first-order valence-electron chi connectivity index (χ1n) is 7.15. The molecular formula is C17H15ClN2O2S2. The maximum atomic E-state index is 12.6. The van der Waals surface area contributed by atoms with Crippen molar-refractivity contribution in [3.8, 4) is 15.6 Å². The fraction of sp³-hybridized carbons (Fsp3) is 0.176. The van der Waals surface area contributed by atoms with Crippen molar-refractivity contribution in [2.75, 3.05) is 12.4 Å². The molecule has 124 valence electrons. The van der Waals surface area contributed by atoms with E-state index in [0.29, 0.717) is 16.3 Å². The van der Waals surface area contributed by atoms with Crippen molar-refractivity contribution in [1.29, 1.82) is 0 Å². The van der Waals surface area contributed by atoms with Gasteiger partial charge >= 0.3 is 0 Å². The molecule has 1 N–H and O–H groups in total. The molecule has 1 aromatic carbocycles. The van der Waals surface area contributed by atoms with Crippen LogP contribution in [0.2, 0.25) is 5.02 Å². The number of thiazole rings is 1. The van der Waals surface area contributed by atoms with Crippen molar-refractivity contribution in [3.63, 3.8) is 0 Å². The van der Waals surface area contributed by atoms with Crippen LogP contribution in [0.15, 0.2) is 29.6 Å². The smallest absolute Gasteiger partial charge is 0.259 e. The molecule has 2 heterocycles. The van der Waals surface area contributed by atoms with E-state index in [-0.39, 0.29) is 5.91 Å². The molecule has 0 bridgehead atoms. The summed E-state index contributed by atoms with van der Waals surface area (Å²) in [7, 11) is 1.52. The average molecular weight is 379 g/mol. The van der Waals surface area contributed by atoms with Gasteiger partial charge in [0.2, 0.25) is 0 Å². The summed E-state index contributed by atoms with van der Waals surface area (Å²) in [5, 5.41) is 6.45. The summed E-state index contributed by atoms with van der Waals surface area (Å²) in [6.07, 6.45) is 0. The molecule has 0 saturated carbocycles. The minimum atomic E-state index is -0.230. The quantitative estimate of drug-likeness (QED) is 0.661. The number of carbonyl (C=O) groups is 1. The lowest BCUT2D eigenvalue weighted by Crippen LogP contribution is -2.13. The van der Waals surface area contributed by atoms with E-state index in [1.54, 1.807) is 40.9 Å². The van der Waals surface area contributed by atoms with Crippen LogP contribution in [0.1, 0.15) is 20.9 Å². The Kier molecular flexibility index (Phi) is 4.89. The van der Waals surface area contributed by atoms with Gasteiger partial charge in [-0.1, -0.05) is 11.6 Å². The van der Waals surface area contributed by atoms with Crippen LogP contribution in [0, 0.1) is 13.8 Å². The van der Waals surface area contributed by atoms with E-state index in [1.165, 1.54) is 7.11 Å². The Hall–Kier alpha value is -1.89. The van der Waals surface area contributed by atoms with Gasteiger partial charge in [-0.05, 0) is 38.1 Å². The second kappa shape index (κ2) is 6.93. The number of hydrogen-bond acceptors (Lipinski definition) is 5. The number of aryl methyl sites for hydroxylation is 2. The largest absolute Gasteiger partial charge is 0.496 e. The lowest BCUT2D eigenvalue weighted by Gasteiger charge is -2.09. The van der Waals surface area contributed by atoms with Gasteiger partial charge in [-0.25, -0.2) is 4.98 Å². The Morgan fingerprint density at radius 2 is 2.08 bits per heavy atom. The number of nitrogens with zero attached hydrogens (tertiary/aromatic N) is 1. The third kappa shape index (κ3) is 3.45. The minimum absolute atomic E-state index is 0.230. The number of carbonyl (C=O) groups excluding carboxylic acids is 1. The molecule has 3 aromatic rings. The zero-order chi connectivity index (χ0) is 17.3. The average Bonchev–Trinajstić information content (AvgIpc) is 3.13. The molecule has 1 amide bonds. The zero-order valence-electron chi connectivity index (χ0n) is 13.3. The molecule has 0 saturated heterocycles. The topological polar surface area (TPSA) is 51.2 Å². The predicted octanol–water partition coefficient (Wildman–Crippen LogP) is 5.40. The van der Waals surface area contributed by atoms with Gasteiger partial charge in [0.15, 0.2) is 0 Å². The van der Waals surface area contributed by atoms with Gasteiger partial charge in [-0.15, -0.1) is 22.7 Å². The van der Waals surface area contributed by atoms with Crippen molar-refractivity contribution >= 4 is 45.9 Å². The molecule has 0 spiro atoms. The first kappa shape index (κ1) is 17.0.